The summed E-state index contributed by atoms with van der Waals surface area (Å²) in [5.41, 5.74) is 5.61. The van der Waals surface area contributed by atoms with Gasteiger partial charge in [0.2, 0.25) is 5.91 Å². The van der Waals surface area contributed by atoms with Gasteiger partial charge in [0.05, 0.1) is 6.54 Å². The van der Waals surface area contributed by atoms with E-state index in [2.05, 4.69) is 0 Å². The summed E-state index contributed by atoms with van der Waals surface area (Å²) in [6.45, 7) is -1.05. The molecule has 1 amide bonds. The van der Waals surface area contributed by atoms with Crippen LogP contribution in [-0.2, 0) is 11.3 Å². The summed E-state index contributed by atoms with van der Waals surface area (Å²) in [6.07, 6.45) is -4.38. The Kier molecular flexibility index (Phi) is 5.17. The smallest absolute Gasteiger partial charge is 0.422 e. The van der Waals surface area contributed by atoms with E-state index in [1.807, 2.05) is 0 Å². The number of hydrogen-bond donors (Lipinski definition) is 1. The number of carbonyl (C=O) groups excluding carboxylic acids is 1. The molecule has 106 valence electrons. The van der Waals surface area contributed by atoms with Gasteiger partial charge in [-0.05, 0) is 13.1 Å². The van der Waals surface area contributed by atoms with Crippen LogP contribution in [0.4, 0.5) is 13.2 Å². The molecule has 19 heavy (non-hydrogen) atoms. The maximum atomic E-state index is 12.1. The fourth-order valence-corrected chi connectivity index (χ4v) is 1.55. The van der Waals surface area contributed by atoms with Crippen LogP contribution in [0.3, 0.4) is 0 Å². The Labute approximate surface area is 108 Å². The number of primary amides is 1. The van der Waals surface area contributed by atoms with Crippen LogP contribution in [0.2, 0.25) is 0 Å². The first-order valence-corrected chi connectivity index (χ1v) is 5.52. The summed E-state index contributed by atoms with van der Waals surface area (Å²) in [5, 5.41) is 0. The number of halogens is 3. The number of nitrogens with two attached hydrogens (primary N) is 1. The Morgan fingerprint density at radius 1 is 1.37 bits per heavy atom. The molecule has 4 nitrogen and oxygen atoms in total. The van der Waals surface area contributed by atoms with E-state index in [9.17, 15) is 18.0 Å². The molecule has 0 unspecified atom stereocenters. The first-order chi connectivity index (χ1) is 8.78. The van der Waals surface area contributed by atoms with Crippen molar-refractivity contribution in [1.29, 1.82) is 0 Å². The maximum Gasteiger partial charge on any atom is 0.422 e. The topological polar surface area (TPSA) is 55.6 Å². The van der Waals surface area contributed by atoms with Crippen LogP contribution in [0.5, 0.6) is 5.75 Å². The lowest BCUT2D eigenvalue weighted by atomic mass is 10.2. The van der Waals surface area contributed by atoms with Gasteiger partial charge < -0.3 is 10.5 Å². The molecule has 1 aromatic carbocycles. The minimum atomic E-state index is -4.38. The van der Waals surface area contributed by atoms with Gasteiger partial charge in [-0.15, -0.1) is 0 Å². The van der Waals surface area contributed by atoms with Gasteiger partial charge in [0, 0.05) is 12.1 Å². The van der Waals surface area contributed by atoms with Crippen LogP contribution >= 0.6 is 0 Å². The maximum absolute atomic E-state index is 12.1. The van der Waals surface area contributed by atoms with Crippen molar-refractivity contribution >= 4 is 5.91 Å². The van der Waals surface area contributed by atoms with Crippen molar-refractivity contribution in [2.45, 2.75) is 12.7 Å². The van der Waals surface area contributed by atoms with Gasteiger partial charge >= 0.3 is 6.18 Å². The van der Waals surface area contributed by atoms with Crippen LogP contribution in [0.1, 0.15) is 5.56 Å². The quantitative estimate of drug-likeness (QED) is 0.857. The van der Waals surface area contributed by atoms with Gasteiger partial charge in [-0.25, -0.2) is 0 Å². The molecular formula is C12H15F3N2O2. The van der Waals surface area contributed by atoms with Crippen molar-refractivity contribution in [3.8, 4) is 5.75 Å². The van der Waals surface area contributed by atoms with E-state index in [1.165, 1.54) is 6.07 Å². The summed E-state index contributed by atoms with van der Waals surface area (Å²) in [6, 6.07) is 6.37. The van der Waals surface area contributed by atoms with Crippen molar-refractivity contribution in [2.24, 2.45) is 5.73 Å². The lowest BCUT2D eigenvalue weighted by molar-refractivity contribution is -0.153. The number of amides is 1. The van der Waals surface area contributed by atoms with Gasteiger partial charge in [0.1, 0.15) is 5.75 Å². The lowest BCUT2D eigenvalue weighted by Gasteiger charge is -2.18. The Bertz CT molecular complexity index is 435. The Morgan fingerprint density at radius 2 is 2.00 bits per heavy atom. The second-order valence-corrected chi connectivity index (χ2v) is 4.15. The lowest BCUT2D eigenvalue weighted by Crippen LogP contribution is -2.30. The third-order valence-corrected chi connectivity index (χ3v) is 2.23. The minimum Gasteiger partial charge on any atom is -0.484 e. The molecule has 0 saturated heterocycles. The molecule has 0 aliphatic carbocycles. The Hall–Kier alpha value is -1.76. The third kappa shape index (κ3) is 6.10. The minimum absolute atomic E-state index is 0.0214. The molecule has 0 radical (unpaired) electrons. The third-order valence-electron chi connectivity index (χ3n) is 2.23. The molecule has 0 bridgehead atoms. The predicted octanol–water partition coefficient (Wildman–Crippen LogP) is 1.54. The largest absolute Gasteiger partial charge is 0.484 e. The highest BCUT2D eigenvalue weighted by atomic mass is 19.4. The zero-order chi connectivity index (χ0) is 14.5. The van der Waals surface area contributed by atoms with E-state index in [-0.39, 0.29) is 18.8 Å². The number of alkyl halides is 3. The monoisotopic (exact) mass is 276 g/mol. The summed E-state index contributed by atoms with van der Waals surface area (Å²) >= 11 is 0. The van der Waals surface area contributed by atoms with Crippen LogP contribution in [0.15, 0.2) is 24.3 Å². The van der Waals surface area contributed by atoms with Crippen molar-refractivity contribution in [2.75, 3.05) is 20.2 Å². The Balaban J connectivity index is 2.70. The molecule has 1 aromatic rings. The predicted molar refractivity (Wildman–Crippen MR) is 63.5 cm³/mol. The molecule has 1 rings (SSSR count). The van der Waals surface area contributed by atoms with E-state index < -0.39 is 18.7 Å². The Morgan fingerprint density at radius 3 is 2.58 bits per heavy atom. The van der Waals surface area contributed by atoms with Gasteiger partial charge in [0.25, 0.3) is 0 Å². The number of ether oxygens (including phenoxy) is 1. The van der Waals surface area contributed by atoms with E-state index in [0.717, 1.165) is 0 Å². The highest BCUT2D eigenvalue weighted by Gasteiger charge is 2.28. The van der Waals surface area contributed by atoms with E-state index in [1.54, 1.807) is 30.1 Å². The highest BCUT2D eigenvalue weighted by Crippen LogP contribution is 2.22. The SMILES string of the molecule is CN(CC(N)=O)Cc1ccccc1OCC(F)(F)F. The first-order valence-electron chi connectivity index (χ1n) is 5.52. The molecule has 0 atom stereocenters. The number of benzene rings is 1. The molecule has 0 saturated carbocycles. The fourth-order valence-electron chi connectivity index (χ4n) is 1.55. The zero-order valence-corrected chi connectivity index (χ0v) is 10.4. The van der Waals surface area contributed by atoms with E-state index >= 15 is 0 Å². The van der Waals surface area contributed by atoms with Crippen LogP contribution in [0.25, 0.3) is 0 Å². The van der Waals surface area contributed by atoms with Crippen LogP contribution in [0, 0.1) is 0 Å². The molecule has 0 heterocycles. The summed E-state index contributed by atoms with van der Waals surface area (Å²) in [5.74, 6) is -0.354. The molecule has 0 fully saturated rings. The van der Waals surface area contributed by atoms with Crippen LogP contribution in [-0.4, -0.2) is 37.2 Å². The molecule has 0 spiro atoms. The molecule has 7 heteroatoms. The molecule has 2 N–H and O–H groups in total. The number of likely N-dealkylation sites (N-methyl/N-ethyl adjacent to an activating group) is 1. The van der Waals surface area contributed by atoms with Gasteiger partial charge in [-0.2, -0.15) is 13.2 Å². The average Bonchev–Trinajstić information content (AvgIpc) is 2.25. The van der Waals surface area contributed by atoms with Gasteiger partial charge in [-0.1, -0.05) is 18.2 Å². The first kappa shape index (κ1) is 15.3. The second kappa shape index (κ2) is 6.42. The summed E-state index contributed by atoms with van der Waals surface area (Å²) in [4.78, 5) is 12.3. The number of para-hydroxylation sites is 1. The number of rotatable bonds is 6. The van der Waals surface area contributed by atoms with Crippen molar-refractivity contribution < 1.29 is 22.7 Å². The van der Waals surface area contributed by atoms with Gasteiger partial charge in [-0.3, -0.25) is 9.69 Å². The number of nitrogens with zero attached hydrogens (tertiary/aromatic N) is 1. The summed E-state index contributed by atoms with van der Waals surface area (Å²) in [7, 11) is 1.64. The van der Waals surface area contributed by atoms with E-state index in [4.69, 9.17) is 10.5 Å². The second-order valence-electron chi connectivity index (χ2n) is 4.15. The van der Waals surface area contributed by atoms with Gasteiger partial charge in [0.15, 0.2) is 6.61 Å². The average molecular weight is 276 g/mol. The van der Waals surface area contributed by atoms with E-state index in [0.29, 0.717) is 5.56 Å². The highest BCUT2D eigenvalue weighted by molar-refractivity contribution is 5.75. The fraction of sp³-hybridized carbons (Fsp3) is 0.417. The van der Waals surface area contributed by atoms with Crippen molar-refractivity contribution in [3.05, 3.63) is 29.8 Å². The standard InChI is InChI=1S/C12H15F3N2O2/c1-17(7-11(16)18)6-9-4-2-3-5-10(9)19-8-12(13,14)15/h2-5H,6-8H2,1H3,(H2,16,18). The molecule has 0 aromatic heterocycles. The molecule has 0 aliphatic rings. The number of carbonyl (C=O) groups is 1. The summed E-state index contributed by atoms with van der Waals surface area (Å²) < 4.78 is 41.1. The van der Waals surface area contributed by atoms with Crippen molar-refractivity contribution in [1.82, 2.24) is 4.90 Å². The van der Waals surface area contributed by atoms with Crippen LogP contribution < -0.4 is 10.5 Å². The number of hydrogen-bond acceptors (Lipinski definition) is 3. The zero-order valence-electron chi connectivity index (χ0n) is 10.4. The molecular weight excluding hydrogens is 261 g/mol. The normalized spacial score (nSPS) is 11.6. The van der Waals surface area contributed by atoms with Crippen molar-refractivity contribution in [3.63, 3.8) is 0 Å². The molecule has 0 aliphatic heterocycles.